The van der Waals surface area contributed by atoms with Crippen LogP contribution >= 0.6 is 15.9 Å². The minimum Gasteiger partial charge on any atom is -0.385 e. The first-order valence-corrected chi connectivity index (χ1v) is 5.90. The van der Waals surface area contributed by atoms with Crippen molar-refractivity contribution in [1.82, 2.24) is 0 Å². The zero-order chi connectivity index (χ0) is 10.2. The Labute approximate surface area is 93.3 Å². The normalized spacial score (nSPS) is 32.1. The maximum Gasteiger partial charge on any atom is 0.0921 e. The molecule has 0 radical (unpaired) electrons. The summed E-state index contributed by atoms with van der Waals surface area (Å²) in [6, 6.07) is 8.04. The van der Waals surface area contributed by atoms with E-state index in [4.69, 9.17) is 0 Å². The van der Waals surface area contributed by atoms with Gasteiger partial charge in [-0.3, -0.25) is 0 Å². The standard InChI is InChI=1S/C12H15BrO/c1-9-3-2-8-12(9,14)10-4-6-11(13)7-5-10/h4-7,9,14H,2-3,8H2,1H3/t9-,12-/m1/s1. The molecule has 1 aliphatic rings. The van der Waals surface area contributed by atoms with Crippen molar-refractivity contribution in [1.29, 1.82) is 0 Å². The highest BCUT2D eigenvalue weighted by molar-refractivity contribution is 9.10. The third-order valence-electron chi connectivity index (χ3n) is 3.35. The molecule has 1 saturated carbocycles. The molecule has 0 saturated heterocycles. The highest BCUT2D eigenvalue weighted by atomic mass is 79.9. The van der Waals surface area contributed by atoms with Crippen LogP contribution in [0.25, 0.3) is 0 Å². The van der Waals surface area contributed by atoms with Crippen LogP contribution in [0, 0.1) is 5.92 Å². The Bertz CT molecular complexity index is 320. The highest BCUT2D eigenvalue weighted by Crippen LogP contribution is 2.43. The summed E-state index contributed by atoms with van der Waals surface area (Å²) < 4.78 is 1.07. The van der Waals surface area contributed by atoms with Crippen LogP contribution in [0.2, 0.25) is 0 Å². The molecule has 0 heterocycles. The van der Waals surface area contributed by atoms with E-state index in [0.29, 0.717) is 5.92 Å². The first kappa shape index (κ1) is 10.2. The van der Waals surface area contributed by atoms with E-state index in [1.54, 1.807) is 0 Å². The predicted molar refractivity (Wildman–Crippen MR) is 61.1 cm³/mol. The van der Waals surface area contributed by atoms with Gasteiger partial charge in [0.05, 0.1) is 5.60 Å². The van der Waals surface area contributed by atoms with E-state index in [0.717, 1.165) is 29.3 Å². The molecule has 2 rings (SSSR count). The summed E-state index contributed by atoms with van der Waals surface area (Å²) in [6.45, 7) is 2.13. The number of hydrogen-bond acceptors (Lipinski definition) is 1. The van der Waals surface area contributed by atoms with Crippen LogP contribution < -0.4 is 0 Å². The smallest absolute Gasteiger partial charge is 0.0921 e. The van der Waals surface area contributed by atoms with Crippen molar-refractivity contribution in [3.8, 4) is 0 Å². The molecule has 14 heavy (non-hydrogen) atoms. The molecule has 1 aliphatic carbocycles. The van der Waals surface area contributed by atoms with Gasteiger partial charge in [-0.15, -0.1) is 0 Å². The topological polar surface area (TPSA) is 20.2 Å². The molecule has 0 aromatic heterocycles. The van der Waals surface area contributed by atoms with E-state index in [-0.39, 0.29) is 0 Å². The fourth-order valence-corrected chi connectivity index (χ4v) is 2.59. The lowest BCUT2D eigenvalue weighted by atomic mass is 9.85. The van der Waals surface area contributed by atoms with Gasteiger partial charge in [-0.2, -0.15) is 0 Å². The Balaban J connectivity index is 2.34. The van der Waals surface area contributed by atoms with Gasteiger partial charge in [-0.05, 0) is 42.9 Å². The second-order valence-corrected chi connectivity index (χ2v) is 5.14. The third kappa shape index (κ3) is 1.61. The Hall–Kier alpha value is -0.340. The van der Waals surface area contributed by atoms with Crippen LogP contribution in [-0.2, 0) is 5.60 Å². The van der Waals surface area contributed by atoms with Crippen LogP contribution in [-0.4, -0.2) is 5.11 Å². The zero-order valence-electron chi connectivity index (χ0n) is 8.33. The Morgan fingerprint density at radius 2 is 2.00 bits per heavy atom. The molecule has 1 fully saturated rings. The van der Waals surface area contributed by atoms with Crippen LogP contribution in [0.1, 0.15) is 31.7 Å². The maximum atomic E-state index is 10.5. The van der Waals surface area contributed by atoms with Gasteiger partial charge in [0, 0.05) is 4.47 Å². The van der Waals surface area contributed by atoms with Crippen LogP contribution in [0.15, 0.2) is 28.7 Å². The van der Waals surface area contributed by atoms with Crippen molar-refractivity contribution in [2.75, 3.05) is 0 Å². The van der Waals surface area contributed by atoms with E-state index in [1.807, 2.05) is 24.3 Å². The number of aliphatic hydroxyl groups is 1. The molecular formula is C12H15BrO. The average Bonchev–Trinajstić information content (AvgIpc) is 2.49. The summed E-state index contributed by atoms with van der Waals surface area (Å²) in [6.07, 6.45) is 3.16. The van der Waals surface area contributed by atoms with E-state index >= 15 is 0 Å². The van der Waals surface area contributed by atoms with Gasteiger partial charge < -0.3 is 5.11 Å². The zero-order valence-corrected chi connectivity index (χ0v) is 9.92. The summed E-state index contributed by atoms with van der Waals surface area (Å²) in [7, 11) is 0. The van der Waals surface area contributed by atoms with Crippen molar-refractivity contribution in [2.24, 2.45) is 5.92 Å². The van der Waals surface area contributed by atoms with Crippen molar-refractivity contribution in [2.45, 2.75) is 31.8 Å². The van der Waals surface area contributed by atoms with Crippen molar-refractivity contribution in [3.05, 3.63) is 34.3 Å². The number of halogens is 1. The number of rotatable bonds is 1. The lowest BCUT2D eigenvalue weighted by molar-refractivity contribution is 0.00448. The maximum absolute atomic E-state index is 10.5. The van der Waals surface area contributed by atoms with Gasteiger partial charge in [0.25, 0.3) is 0 Å². The van der Waals surface area contributed by atoms with Crippen molar-refractivity contribution >= 4 is 15.9 Å². The predicted octanol–water partition coefficient (Wildman–Crippen LogP) is 3.46. The Kier molecular flexibility index (Phi) is 2.67. The number of benzene rings is 1. The lowest BCUT2D eigenvalue weighted by Gasteiger charge is -2.28. The quantitative estimate of drug-likeness (QED) is 0.814. The summed E-state index contributed by atoms with van der Waals surface area (Å²) in [4.78, 5) is 0. The van der Waals surface area contributed by atoms with Gasteiger partial charge in [-0.1, -0.05) is 35.0 Å². The molecule has 0 amide bonds. The second kappa shape index (κ2) is 3.67. The summed E-state index contributed by atoms with van der Waals surface area (Å²) in [5.74, 6) is 0.378. The van der Waals surface area contributed by atoms with Gasteiger partial charge >= 0.3 is 0 Å². The molecule has 0 spiro atoms. The SMILES string of the molecule is C[C@@H]1CCC[C@]1(O)c1ccc(Br)cc1. The summed E-state index contributed by atoms with van der Waals surface area (Å²) >= 11 is 3.41. The van der Waals surface area contributed by atoms with Gasteiger partial charge in [-0.25, -0.2) is 0 Å². The first-order valence-electron chi connectivity index (χ1n) is 5.11. The summed E-state index contributed by atoms with van der Waals surface area (Å²) in [5, 5.41) is 10.5. The molecule has 2 heteroatoms. The molecule has 0 bridgehead atoms. The van der Waals surface area contributed by atoms with Gasteiger partial charge in [0.1, 0.15) is 0 Å². The molecule has 0 aliphatic heterocycles. The fourth-order valence-electron chi connectivity index (χ4n) is 2.33. The summed E-state index contributed by atoms with van der Waals surface area (Å²) in [5.41, 5.74) is 0.478. The third-order valence-corrected chi connectivity index (χ3v) is 3.88. The van der Waals surface area contributed by atoms with Crippen LogP contribution in [0.5, 0.6) is 0 Å². The second-order valence-electron chi connectivity index (χ2n) is 4.22. The monoisotopic (exact) mass is 254 g/mol. The fraction of sp³-hybridized carbons (Fsp3) is 0.500. The average molecular weight is 255 g/mol. The Morgan fingerprint density at radius 3 is 2.50 bits per heavy atom. The Morgan fingerprint density at radius 1 is 1.36 bits per heavy atom. The van der Waals surface area contributed by atoms with E-state index in [9.17, 15) is 5.11 Å². The molecule has 76 valence electrons. The molecule has 2 atom stereocenters. The lowest BCUT2D eigenvalue weighted by Crippen LogP contribution is -2.28. The molecule has 1 N–H and O–H groups in total. The number of hydrogen-bond donors (Lipinski definition) is 1. The largest absolute Gasteiger partial charge is 0.385 e. The molecule has 0 unspecified atom stereocenters. The van der Waals surface area contributed by atoms with Crippen LogP contribution in [0.4, 0.5) is 0 Å². The van der Waals surface area contributed by atoms with Gasteiger partial charge in [0.15, 0.2) is 0 Å². The molecule has 1 aromatic rings. The molecule has 1 aromatic carbocycles. The van der Waals surface area contributed by atoms with Crippen molar-refractivity contribution < 1.29 is 5.11 Å². The van der Waals surface area contributed by atoms with Gasteiger partial charge in [0.2, 0.25) is 0 Å². The minimum absolute atomic E-state index is 0.378. The highest BCUT2D eigenvalue weighted by Gasteiger charge is 2.39. The van der Waals surface area contributed by atoms with E-state index in [1.165, 1.54) is 0 Å². The van der Waals surface area contributed by atoms with Crippen molar-refractivity contribution in [3.63, 3.8) is 0 Å². The minimum atomic E-state index is -0.583. The van der Waals surface area contributed by atoms with Crippen LogP contribution in [0.3, 0.4) is 0 Å². The molecular weight excluding hydrogens is 240 g/mol. The molecule has 1 nitrogen and oxygen atoms in total. The van der Waals surface area contributed by atoms with E-state index in [2.05, 4.69) is 22.9 Å². The first-order chi connectivity index (χ1) is 6.63. The van der Waals surface area contributed by atoms with E-state index < -0.39 is 5.60 Å².